The summed E-state index contributed by atoms with van der Waals surface area (Å²) < 4.78 is 1.92. The molecule has 1 amide bonds. The van der Waals surface area contributed by atoms with Gasteiger partial charge < -0.3 is 9.88 Å². The van der Waals surface area contributed by atoms with Gasteiger partial charge >= 0.3 is 0 Å². The summed E-state index contributed by atoms with van der Waals surface area (Å²) in [6.45, 7) is 4.53. The predicted octanol–water partition coefficient (Wildman–Crippen LogP) is 3.43. The van der Waals surface area contributed by atoms with Crippen LogP contribution in [0, 0.1) is 11.8 Å². The molecule has 3 unspecified atom stereocenters. The van der Waals surface area contributed by atoms with Gasteiger partial charge in [-0.3, -0.25) is 4.79 Å². The molecule has 1 heterocycles. The normalized spacial score (nSPS) is 24.9. The number of carbonyl (C=O) groups excluding carboxylic acids is 1. The molecule has 0 bridgehead atoms. The minimum atomic E-state index is 0.0307. The van der Waals surface area contributed by atoms with Crippen molar-refractivity contribution < 1.29 is 4.79 Å². The van der Waals surface area contributed by atoms with Gasteiger partial charge in [-0.2, -0.15) is 0 Å². The lowest BCUT2D eigenvalue weighted by molar-refractivity contribution is 0.0891. The second-order valence-corrected chi connectivity index (χ2v) is 6.36. The molecule has 1 saturated carbocycles. The van der Waals surface area contributed by atoms with E-state index in [1.807, 2.05) is 35.0 Å². The first-order chi connectivity index (χ1) is 10.6. The summed E-state index contributed by atoms with van der Waals surface area (Å²) in [7, 11) is 0. The van der Waals surface area contributed by atoms with E-state index in [0.29, 0.717) is 23.4 Å². The first kappa shape index (κ1) is 14.8. The summed E-state index contributed by atoms with van der Waals surface area (Å²) in [6, 6.07) is 7.94. The zero-order valence-corrected chi connectivity index (χ0v) is 13.2. The van der Waals surface area contributed by atoms with Crippen LogP contribution in [-0.4, -0.2) is 21.5 Å². The maximum Gasteiger partial charge on any atom is 0.251 e. The Balaban J connectivity index is 1.67. The van der Waals surface area contributed by atoms with Crippen LogP contribution in [0.25, 0.3) is 5.69 Å². The lowest BCUT2D eigenvalue weighted by atomic mass is 9.78. The number of carbonyl (C=O) groups is 1. The second-order valence-electron chi connectivity index (χ2n) is 6.36. The summed E-state index contributed by atoms with van der Waals surface area (Å²) >= 11 is 0. The van der Waals surface area contributed by atoms with Crippen molar-refractivity contribution >= 4 is 5.91 Å². The van der Waals surface area contributed by atoms with E-state index in [-0.39, 0.29) is 5.91 Å². The molecule has 22 heavy (non-hydrogen) atoms. The molecule has 0 saturated heterocycles. The second kappa shape index (κ2) is 6.34. The highest BCUT2D eigenvalue weighted by Crippen LogP contribution is 2.29. The van der Waals surface area contributed by atoms with Crippen molar-refractivity contribution in [3.8, 4) is 5.69 Å². The van der Waals surface area contributed by atoms with Crippen molar-refractivity contribution in [2.45, 2.75) is 39.2 Å². The van der Waals surface area contributed by atoms with E-state index in [1.54, 1.807) is 12.5 Å². The lowest BCUT2D eigenvalue weighted by Gasteiger charge is -2.34. The average Bonchev–Trinajstić information content (AvgIpc) is 3.06. The number of amides is 1. The van der Waals surface area contributed by atoms with Crippen molar-refractivity contribution in [3.05, 3.63) is 48.5 Å². The zero-order valence-electron chi connectivity index (χ0n) is 13.2. The topological polar surface area (TPSA) is 46.9 Å². The Morgan fingerprint density at radius 1 is 1.23 bits per heavy atom. The molecule has 0 radical (unpaired) electrons. The fourth-order valence-electron chi connectivity index (χ4n) is 3.23. The van der Waals surface area contributed by atoms with Gasteiger partial charge in [0.05, 0.1) is 6.33 Å². The molecular formula is C18H23N3O. The SMILES string of the molecule is CC1CCCC(NC(=O)c2ccc(-n3ccnc3)cc2)C1C. The Morgan fingerprint density at radius 2 is 2.00 bits per heavy atom. The third-order valence-corrected chi connectivity index (χ3v) is 4.96. The van der Waals surface area contributed by atoms with Crippen molar-refractivity contribution in [2.75, 3.05) is 0 Å². The minimum Gasteiger partial charge on any atom is -0.349 e. The molecule has 1 aliphatic carbocycles. The smallest absolute Gasteiger partial charge is 0.251 e. The maximum atomic E-state index is 12.4. The molecule has 3 atom stereocenters. The van der Waals surface area contributed by atoms with Crippen molar-refractivity contribution in [2.24, 2.45) is 11.8 Å². The molecule has 1 aromatic carbocycles. The predicted molar refractivity (Wildman–Crippen MR) is 87.0 cm³/mol. The summed E-state index contributed by atoms with van der Waals surface area (Å²) in [5, 5.41) is 3.21. The van der Waals surface area contributed by atoms with Crippen LogP contribution in [0.2, 0.25) is 0 Å². The third-order valence-electron chi connectivity index (χ3n) is 4.96. The third kappa shape index (κ3) is 3.06. The monoisotopic (exact) mass is 297 g/mol. The van der Waals surface area contributed by atoms with Crippen LogP contribution in [0.3, 0.4) is 0 Å². The lowest BCUT2D eigenvalue weighted by Crippen LogP contribution is -2.43. The Hall–Kier alpha value is -2.10. The molecule has 3 rings (SSSR count). The number of nitrogens with one attached hydrogen (secondary N) is 1. The number of rotatable bonds is 3. The van der Waals surface area contributed by atoms with Gasteiger partial charge in [0.2, 0.25) is 0 Å². The van der Waals surface area contributed by atoms with Gasteiger partial charge in [0, 0.05) is 29.7 Å². The van der Waals surface area contributed by atoms with Crippen molar-refractivity contribution in [1.82, 2.24) is 14.9 Å². The van der Waals surface area contributed by atoms with E-state index >= 15 is 0 Å². The van der Waals surface area contributed by atoms with Gasteiger partial charge in [-0.05, 0) is 42.5 Å². The van der Waals surface area contributed by atoms with E-state index in [0.717, 1.165) is 12.1 Å². The Bertz CT molecular complexity index is 618. The van der Waals surface area contributed by atoms with Gasteiger partial charge in [0.15, 0.2) is 0 Å². The van der Waals surface area contributed by atoms with E-state index in [2.05, 4.69) is 24.1 Å². The van der Waals surface area contributed by atoms with Gasteiger partial charge in [0.1, 0.15) is 0 Å². The zero-order chi connectivity index (χ0) is 15.5. The Kier molecular flexibility index (Phi) is 4.27. The summed E-state index contributed by atoms with van der Waals surface area (Å²) in [5.41, 5.74) is 1.72. The maximum absolute atomic E-state index is 12.4. The first-order valence-corrected chi connectivity index (χ1v) is 8.04. The van der Waals surface area contributed by atoms with Crippen molar-refractivity contribution in [1.29, 1.82) is 0 Å². The summed E-state index contributed by atoms with van der Waals surface area (Å²) in [4.78, 5) is 16.5. The fraction of sp³-hybridized carbons (Fsp3) is 0.444. The van der Waals surface area contributed by atoms with Gasteiger partial charge in [-0.15, -0.1) is 0 Å². The highest BCUT2D eigenvalue weighted by molar-refractivity contribution is 5.94. The molecule has 0 aliphatic heterocycles. The van der Waals surface area contributed by atoms with E-state index < -0.39 is 0 Å². The number of benzene rings is 1. The Morgan fingerprint density at radius 3 is 2.68 bits per heavy atom. The molecule has 0 spiro atoms. The molecule has 1 fully saturated rings. The van der Waals surface area contributed by atoms with E-state index in [4.69, 9.17) is 0 Å². The number of imidazole rings is 1. The molecule has 1 N–H and O–H groups in total. The van der Waals surface area contributed by atoms with Crippen LogP contribution < -0.4 is 5.32 Å². The quantitative estimate of drug-likeness (QED) is 0.943. The van der Waals surface area contributed by atoms with Crippen LogP contribution in [0.1, 0.15) is 43.5 Å². The average molecular weight is 297 g/mol. The number of hydrogen-bond acceptors (Lipinski definition) is 2. The number of hydrogen-bond donors (Lipinski definition) is 1. The van der Waals surface area contributed by atoms with E-state index in [1.165, 1.54) is 12.8 Å². The molecule has 2 aromatic rings. The molecular weight excluding hydrogens is 274 g/mol. The molecule has 1 aromatic heterocycles. The highest BCUT2D eigenvalue weighted by Gasteiger charge is 2.28. The number of aromatic nitrogens is 2. The van der Waals surface area contributed by atoms with Crippen LogP contribution >= 0.6 is 0 Å². The minimum absolute atomic E-state index is 0.0307. The summed E-state index contributed by atoms with van der Waals surface area (Å²) in [6.07, 6.45) is 8.94. The van der Waals surface area contributed by atoms with Gasteiger partial charge in [-0.1, -0.05) is 26.7 Å². The van der Waals surface area contributed by atoms with Crippen LogP contribution in [-0.2, 0) is 0 Å². The standard InChI is InChI=1S/C18H23N3O/c1-13-4-3-5-17(14(13)2)20-18(22)15-6-8-16(9-7-15)21-11-10-19-12-21/h6-14,17H,3-5H2,1-2H3,(H,20,22). The first-order valence-electron chi connectivity index (χ1n) is 8.04. The van der Waals surface area contributed by atoms with Crippen LogP contribution in [0.5, 0.6) is 0 Å². The van der Waals surface area contributed by atoms with Gasteiger partial charge in [0.25, 0.3) is 5.91 Å². The van der Waals surface area contributed by atoms with Crippen LogP contribution in [0.4, 0.5) is 0 Å². The van der Waals surface area contributed by atoms with Gasteiger partial charge in [-0.25, -0.2) is 4.98 Å². The molecule has 4 nitrogen and oxygen atoms in total. The summed E-state index contributed by atoms with van der Waals surface area (Å²) in [5.74, 6) is 1.26. The molecule has 4 heteroatoms. The highest BCUT2D eigenvalue weighted by atomic mass is 16.1. The fourth-order valence-corrected chi connectivity index (χ4v) is 3.23. The Labute approximate surface area is 131 Å². The number of nitrogens with zero attached hydrogens (tertiary/aromatic N) is 2. The molecule has 1 aliphatic rings. The van der Waals surface area contributed by atoms with E-state index in [9.17, 15) is 4.79 Å². The van der Waals surface area contributed by atoms with Crippen LogP contribution in [0.15, 0.2) is 43.0 Å². The largest absolute Gasteiger partial charge is 0.349 e. The van der Waals surface area contributed by atoms with Crippen molar-refractivity contribution in [3.63, 3.8) is 0 Å². The molecule has 116 valence electrons.